The highest BCUT2D eigenvalue weighted by atomic mass is 32.2. The maximum atomic E-state index is 12.7. The van der Waals surface area contributed by atoms with Crippen LogP contribution in [-0.2, 0) is 4.79 Å². The predicted octanol–water partition coefficient (Wildman–Crippen LogP) is 7.08. The summed E-state index contributed by atoms with van der Waals surface area (Å²) < 4.78 is 42.5. The number of carbonyl (C=O) groups excluding carboxylic acids is 2. The Morgan fingerprint density at radius 3 is 2.50 bits per heavy atom. The van der Waals surface area contributed by atoms with Crippen LogP contribution in [0.1, 0.15) is 36.5 Å². The molecular formula is C31H27F3N6O3S. The van der Waals surface area contributed by atoms with Crippen LogP contribution in [0.2, 0.25) is 0 Å². The number of carbonyl (C=O) groups is 2. The second-order valence-corrected chi connectivity index (χ2v) is 11.0. The van der Waals surface area contributed by atoms with Crippen LogP contribution < -0.4 is 15.0 Å². The summed E-state index contributed by atoms with van der Waals surface area (Å²) in [6.07, 6.45) is -0.139. The van der Waals surface area contributed by atoms with E-state index >= 15 is 0 Å². The molecule has 0 aliphatic carbocycles. The van der Waals surface area contributed by atoms with E-state index in [0.717, 1.165) is 22.4 Å². The van der Waals surface area contributed by atoms with Gasteiger partial charge in [-0.1, -0.05) is 62.0 Å². The number of urea groups is 1. The lowest BCUT2D eigenvalue weighted by molar-refractivity contribution is -0.274. The molecule has 1 aliphatic heterocycles. The minimum atomic E-state index is -4.76. The van der Waals surface area contributed by atoms with Crippen molar-refractivity contribution in [3.63, 3.8) is 0 Å². The second kappa shape index (κ2) is 12.8. The number of amidine groups is 1. The van der Waals surface area contributed by atoms with Gasteiger partial charge in [-0.15, -0.1) is 18.3 Å². The van der Waals surface area contributed by atoms with Crippen molar-refractivity contribution >= 4 is 40.6 Å². The third-order valence-corrected chi connectivity index (χ3v) is 7.41. The molecule has 9 nitrogen and oxygen atoms in total. The van der Waals surface area contributed by atoms with E-state index in [1.807, 2.05) is 37.3 Å². The molecule has 4 aromatic rings. The van der Waals surface area contributed by atoms with Gasteiger partial charge in [0.1, 0.15) is 12.1 Å². The summed E-state index contributed by atoms with van der Waals surface area (Å²) in [4.78, 5) is 35.3. The molecule has 3 aromatic carbocycles. The number of hydrogen-bond donors (Lipinski definition) is 1. The maximum absolute atomic E-state index is 12.7. The summed E-state index contributed by atoms with van der Waals surface area (Å²) in [7, 11) is 0. The third kappa shape index (κ3) is 7.35. The zero-order chi connectivity index (χ0) is 31.4. The Hall–Kier alpha value is -4.91. The van der Waals surface area contributed by atoms with E-state index < -0.39 is 12.4 Å². The fourth-order valence-corrected chi connectivity index (χ4v) is 5.27. The van der Waals surface area contributed by atoms with Crippen molar-refractivity contribution in [2.45, 2.75) is 33.1 Å². The van der Waals surface area contributed by atoms with E-state index in [9.17, 15) is 22.8 Å². The van der Waals surface area contributed by atoms with Gasteiger partial charge in [0, 0.05) is 11.8 Å². The molecule has 3 amide bonds. The van der Waals surface area contributed by atoms with E-state index in [-0.39, 0.29) is 23.3 Å². The first-order valence-electron chi connectivity index (χ1n) is 13.5. The van der Waals surface area contributed by atoms with Gasteiger partial charge in [-0.3, -0.25) is 9.69 Å². The van der Waals surface area contributed by atoms with Crippen molar-refractivity contribution in [2.75, 3.05) is 10.7 Å². The minimum absolute atomic E-state index is 0.127. The molecule has 0 bridgehead atoms. The van der Waals surface area contributed by atoms with Crippen LogP contribution >= 0.6 is 11.8 Å². The highest BCUT2D eigenvalue weighted by molar-refractivity contribution is 8.15. The molecule has 0 saturated carbocycles. The number of rotatable bonds is 7. The van der Waals surface area contributed by atoms with Gasteiger partial charge in [-0.05, 0) is 65.9 Å². The van der Waals surface area contributed by atoms with E-state index in [4.69, 9.17) is 0 Å². The summed E-state index contributed by atoms with van der Waals surface area (Å²) in [5, 5.41) is 7.34. The smallest absolute Gasteiger partial charge is 0.406 e. The molecule has 13 heteroatoms. The van der Waals surface area contributed by atoms with Gasteiger partial charge >= 0.3 is 12.4 Å². The molecule has 1 aliphatic rings. The number of hydrogen-bond acceptors (Lipinski definition) is 6. The molecule has 0 atom stereocenters. The Kier molecular flexibility index (Phi) is 8.86. The lowest BCUT2D eigenvalue weighted by atomic mass is 9.99. The lowest BCUT2D eigenvalue weighted by Crippen LogP contribution is -2.31. The number of alkyl halides is 3. The van der Waals surface area contributed by atoms with Crippen molar-refractivity contribution < 1.29 is 27.5 Å². The van der Waals surface area contributed by atoms with Gasteiger partial charge in [0.15, 0.2) is 11.0 Å². The van der Waals surface area contributed by atoms with Gasteiger partial charge in [-0.25, -0.2) is 14.5 Å². The number of nitrogens with one attached hydrogen (secondary N) is 1. The topological polar surface area (TPSA) is 102 Å². The van der Waals surface area contributed by atoms with E-state index in [1.54, 1.807) is 18.2 Å². The Morgan fingerprint density at radius 1 is 1.09 bits per heavy atom. The van der Waals surface area contributed by atoms with Gasteiger partial charge in [0.25, 0.3) is 0 Å². The van der Waals surface area contributed by atoms with Gasteiger partial charge in [0.2, 0.25) is 5.91 Å². The molecule has 1 saturated heterocycles. The first-order chi connectivity index (χ1) is 21.0. The van der Waals surface area contributed by atoms with Crippen LogP contribution in [0, 0.1) is 6.92 Å². The summed E-state index contributed by atoms with van der Waals surface area (Å²) in [6.45, 7) is 6.05. The molecule has 226 valence electrons. The number of amides is 3. The molecule has 0 spiro atoms. The van der Waals surface area contributed by atoms with Crippen LogP contribution in [0.25, 0.3) is 23.2 Å². The van der Waals surface area contributed by atoms with Gasteiger partial charge in [-0.2, -0.15) is 4.99 Å². The molecule has 0 unspecified atom stereocenters. The average molecular weight is 621 g/mol. The Labute approximate surface area is 255 Å². The number of aromatic nitrogens is 3. The summed E-state index contributed by atoms with van der Waals surface area (Å²) in [6, 6.07) is 17.8. The van der Waals surface area contributed by atoms with Crippen molar-refractivity contribution in [1.82, 2.24) is 20.1 Å². The van der Waals surface area contributed by atoms with E-state index in [2.05, 4.69) is 39.0 Å². The molecule has 1 N–H and O–H groups in total. The number of aliphatic imine (C=N–C) groups is 1. The van der Waals surface area contributed by atoms with Crippen LogP contribution in [0.15, 0.2) is 84.2 Å². The number of nitrogens with zero attached hydrogens (tertiary/aromatic N) is 5. The Morgan fingerprint density at radius 2 is 1.82 bits per heavy atom. The van der Waals surface area contributed by atoms with Crippen molar-refractivity contribution in [3.8, 4) is 22.8 Å². The monoisotopic (exact) mass is 620 g/mol. The summed E-state index contributed by atoms with van der Waals surface area (Å²) >= 11 is 1.22. The summed E-state index contributed by atoms with van der Waals surface area (Å²) in [5.41, 5.74) is 4.76. The molecular weight excluding hydrogens is 593 g/mol. The van der Waals surface area contributed by atoms with Crippen molar-refractivity contribution in [1.29, 1.82) is 0 Å². The Balaban J connectivity index is 1.21. The fourth-order valence-electron chi connectivity index (χ4n) is 4.41. The standard InChI is InChI=1S/C31H27F3N6O3S/c1-19(2)25-13-4-20(3)16-26(25)40-27(41)17-44-30(40)37-29(42)35-15-14-21-5-7-22(8-6-21)28-36-18-39(38-28)23-9-11-24(12-10-23)43-31(32,33)34/h4-16,18-19H,17H2,1-3H3,(H,35,42)/b15-14+,37-30?. The van der Waals surface area contributed by atoms with Gasteiger partial charge in [0.05, 0.1) is 17.1 Å². The molecule has 44 heavy (non-hydrogen) atoms. The quantitative estimate of drug-likeness (QED) is 0.237. The first kappa shape index (κ1) is 30.5. The van der Waals surface area contributed by atoms with Crippen LogP contribution in [0.3, 0.4) is 0 Å². The largest absolute Gasteiger partial charge is 0.573 e. The van der Waals surface area contributed by atoms with Gasteiger partial charge < -0.3 is 10.1 Å². The van der Waals surface area contributed by atoms with E-state index in [1.165, 1.54) is 58.1 Å². The number of halogens is 3. The van der Waals surface area contributed by atoms with Crippen LogP contribution in [0.4, 0.5) is 23.7 Å². The first-order valence-corrected chi connectivity index (χ1v) is 14.5. The molecule has 5 rings (SSSR count). The number of thioether (sulfide) groups is 1. The molecule has 1 fully saturated rings. The lowest BCUT2D eigenvalue weighted by Gasteiger charge is -2.22. The summed E-state index contributed by atoms with van der Waals surface area (Å²) in [5.74, 6) is 0.351. The van der Waals surface area contributed by atoms with E-state index in [0.29, 0.717) is 22.2 Å². The minimum Gasteiger partial charge on any atom is -0.406 e. The second-order valence-electron chi connectivity index (χ2n) is 10.1. The molecule has 2 heterocycles. The number of anilines is 1. The van der Waals surface area contributed by atoms with Crippen molar-refractivity contribution in [3.05, 3.63) is 95.9 Å². The number of ether oxygens (including phenoxy) is 1. The highest BCUT2D eigenvalue weighted by Crippen LogP contribution is 2.34. The maximum Gasteiger partial charge on any atom is 0.573 e. The molecule has 0 radical (unpaired) electrons. The number of aryl methyl sites for hydroxylation is 1. The molecule has 1 aromatic heterocycles. The number of benzene rings is 3. The van der Waals surface area contributed by atoms with Crippen LogP contribution in [-0.4, -0.2) is 44.0 Å². The average Bonchev–Trinajstić information content (AvgIpc) is 3.60. The Bertz CT molecular complexity index is 1730. The SMILES string of the molecule is Cc1ccc(C(C)C)c(N2C(=O)CSC2=NC(=O)N/C=C/c2ccc(-c3ncn(-c4ccc(OC(F)(F)F)cc4)n3)cc2)c1. The normalized spacial score (nSPS) is 14.7. The van der Waals surface area contributed by atoms with Crippen LogP contribution in [0.5, 0.6) is 5.75 Å². The van der Waals surface area contributed by atoms with Crippen molar-refractivity contribution in [2.24, 2.45) is 4.99 Å². The third-order valence-electron chi connectivity index (χ3n) is 6.49. The fraction of sp³-hybridized carbons (Fsp3) is 0.194. The zero-order valence-electron chi connectivity index (χ0n) is 23.9. The predicted molar refractivity (Wildman–Crippen MR) is 164 cm³/mol. The highest BCUT2D eigenvalue weighted by Gasteiger charge is 2.32. The zero-order valence-corrected chi connectivity index (χ0v) is 24.7.